The van der Waals surface area contributed by atoms with E-state index in [1.54, 1.807) is 37.8 Å². The van der Waals surface area contributed by atoms with Crippen molar-refractivity contribution < 1.29 is 27.5 Å². The van der Waals surface area contributed by atoms with Gasteiger partial charge >= 0.3 is 12.3 Å². The van der Waals surface area contributed by atoms with E-state index in [0.717, 1.165) is 11.6 Å². The van der Waals surface area contributed by atoms with Gasteiger partial charge in [0.1, 0.15) is 5.60 Å². The molecule has 2 amide bonds. The minimum absolute atomic E-state index is 0.0166. The highest BCUT2D eigenvalue weighted by Gasteiger charge is 2.46. The number of aryl methyl sites for hydroxylation is 1. The van der Waals surface area contributed by atoms with Crippen molar-refractivity contribution in [3.05, 3.63) is 59.2 Å². The molecule has 0 radical (unpaired) electrons. The second kappa shape index (κ2) is 9.89. The Balaban J connectivity index is 1.58. The highest BCUT2D eigenvalue weighted by atomic mass is 19.4. The summed E-state index contributed by atoms with van der Waals surface area (Å²) in [6.07, 6.45) is -4.48. The zero-order valence-electron chi connectivity index (χ0n) is 21.4. The molecular weight excluding hydrogens is 485 g/mol. The smallest absolute Gasteiger partial charge is 0.416 e. The van der Waals surface area contributed by atoms with Crippen molar-refractivity contribution in [1.29, 1.82) is 0 Å². The number of amides is 2. The lowest BCUT2D eigenvalue weighted by molar-refractivity contribution is -0.138. The number of alkyl halides is 3. The largest absolute Gasteiger partial charge is 0.444 e. The molecule has 0 saturated carbocycles. The van der Waals surface area contributed by atoms with E-state index in [-0.39, 0.29) is 29.1 Å². The summed E-state index contributed by atoms with van der Waals surface area (Å²) in [4.78, 5) is 27.8. The molecule has 2 aliphatic rings. The van der Waals surface area contributed by atoms with Crippen molar-refractivity contribution in [2.24, 2.45) is 11.8 Å². The van der Waals surface area contributed by atoms with Gasteiger partial charge in [-0.2, -0.15) is 13.2 Å². The van der Waals surface area contributed by atoms with Crippen LogP contribution >= 0.6 is 0 Å². The van der Waals surface area contributed by atoms with Gasteiger partial charge in [-0.3, -0.25) is 4.79 Å². The number of carbonyl (C=O) groups excluding carboxylic acids is 2. The van der Waals surface area contributed by atoms with E-state index in [9.17, 15) is 22.8 Å². The number of nitrogen functional groups attached to an aromatic ring is 1. The van der Waals surface area contributed by atoms with Crippen LogP contribution < -0.4 is 16.4 Å². The molecule has 200 valence electrons. The van der Waals surface area contributed by atoms with Crippen LogP contribution in [0, 0.1) is 18.8 Å². The van der Waals surface area contributed by atoms with Crippen LogP contribution in [0.25, 0.3) is 0 Å². The molecule has 4 N–H and O–H groups in total. The Kier molecular flexibility index (Phi) is 7.16. The lowest BCUT2D eigenvalue weighted by Gasteiger charge is -2.38. The monoisotopic (exact) mass is 518 g/mol. The molecule has 2 aliphatic heterocycles. The summed E-state index contributed by atoms with van der Waals surface area (Å²) in [6.45, 7) is 7.66. The average Bonchev–Trinajstić information content (AvgIpc) is 3.21. The number of hydrogen-bond donors (Lipinski definition) is 3. The first-order chi connectivity index (χ1) is 17.2. The van der Waals surface area contributed by atoms with Gasteiger partial charge in [0, 0.05) is 36.5 Å². The number of ether oxygens (including phenoxy) is 1. The first kappa shape index (κ1) is 26.8. The van der Waals surface area contributed by atoms with Gasteiger partial charge < -0.3 is 26.0 Å². The summed E-state index contributed by atoms with van der Waals surface area (Å²) in [5.41, 5.74) is 6.02. The molecule has 0 aromatic heterocycles. The molecule has 0 aliphatic carbocycles. The number of halogens is 3. The van der Waals surface area contributed by atoms with Crippen LogP contribution in [0.4, 0.5) is 29.3 Å². The number of carbonyl (C=O) groups is 2. The number of anilines is 2. The lowest BCUT2D eigenvalue weighted by atomic mass is 9.78. The Morgan fingerprint density at radius 1 is 1.08 bits per heavy atom. The number of benzene rings is 2. The number of hydrogen-bond acceptors (Lipinski definition) is 5. The van der Waals surface area contributed by atoms with Crippen LogP contribution in [0.3, 0.4) is 0 Å². The van der Waals surface area contributed by atoms with Crippen molar-refractivity contribution >= 4 is 23.4 Å². The van der Waals surface area contributed by atoms with Gasteiger partial charge in [0.25, 0.3) is 0 Å². The summed E-state index contributed by atoms with van der Waals surface area (Å²) >= 11 is 0. The van der Waals surface area contributed by atoms with Gasteiger partial charge in [0.05, 0.1) is 11.5 Å². The fraction of sp³-hybridized carbons (Fsp3) is 0.481. The Hall–Kier alpha value is -3.27. The van der Waals surface area contributed by atoms with Gasteiger partial charge in [-0.25, -0.2) is 4.79 Å². The van der Waals surface area contributed by atoms with E-state index in [4.69, 9.17) is 10.5 Å². The minimum atomic E-state index is -4.52. The molecule has 37 heavy (non-hydrogen) atoms. The second-order valence-electron chi connectivity index (χ2n) is 10.9. The number of nitrogens with zero attached hydrogens (tertiary/aromatic N) is 1. The molecular formula is C27H33F3N4O3. The second-order valence-corrected chi connectivity index (χ2v) is 10.9. The highest BCUT2D eigenvalue weighted by molar-refractivity contribution is 5.93. The fourth-order valence-electron chi connectivity index (χ4n) is 5.11. The first-order valence-corrected chi connectivity index (χ1v) is 12.3. The van der Waals surface area contributed by atoms with E-state index in [0.29, 0.717) is 25.2 Å². The molecule has 2 saturated heterocycles. The number of nitrogens with two attached hydrogens (primary N) is 1. The van der Waals surface area contributed by atoms with Crippen LogP contribution in [0.5, 0.6) is 0 Å². The predicted molar refractivity (Wildman–Crippen MR) is 135 cm³/mol. The lowest BCUT2D eigenvalue weighted by Crippen LogP contribution is -2.50. The van der Waals surface area contributed by atoms with E-state index >= 15 is 0 Å². The van der Waals surface area contributed by atoms with Crippen LogP contribution in [0.15, 0.2) is 42.5 Å². The van der Waals surface area contributed by atoms with Crippen molar-refractivity contribution in [2.75, 3.05) is 24.1 Å². The summed E-state index contributed by atoms with van der Waals surface area (Å²) in [5, 5.41) is 6.23. The first-order valence-electron chi connectivity index (χ1n) is 12.3. The van der Waals surface area contributed by atoms with Gasteiger partial charge in [-0.05, 0) is 75.4 Å². The van der Waals surface area contributed by atoms with Crippen LogP contribution in [-0.4, -0.2) is 41.6 Å². The summed E-state index contributed by atoms with van der Waals surface area (Å²) in [5.74, 6) is -0.989. The van der Waals surface area contributed by atoms with Crippen LogP contribution in [0.1, 0.15) is 49.9 Å². The third-order valence-corrected chi connectivity index (χ3v) is 6.89. The molecule has 0 spiro atoms. The fourth-order valence-corrected chi connectivity index (χ4v) is 5.11. The number of likely N-dealkylation sites (tertiary alicyclic amines) is 1. The minimum Gasteiger partial charge on any atom is -0.444 e. The third kappa shape index (κ3) is 6.18. The molecule has 2 aromatic rings. The van der Waals surface area contributed by atoms with Crippen LogP contribution in [-0.2, 0) is 15.7 Å². The van der Waals surface area contributed by atoms with Gasteiger partial charge in [0.15, 0.2) is 0 Å². The number of nitrogens with one attached hydrogen (secondary N) is 2. The number of piperidine rings is 1. The van der Waals surface area contributed by atoms with E-state index in [2.05, 4.69) is 10.6 Å². The quantitative estimate of drug-likeness (QED) is 0.490. The van der Waals surface area contributed by atoms with E-state index in [1.807, 2.05) is 12.1 Å². The molecule has 4 atom stereocenters. The Bertz CT molecular complexity index is 1160. The molecule has 2 heterocycles. The van der Waals surface area contributed by atoms with Crippen molar-refractivity contribution in [1.82, 2.24) is 10.2 Å². The molecule has 1 unspecified atom stereocenters. The topological polar surface area (TPSA) is 96.7 Å². The normalized spacial score (nSPS) is 23.9. The van der Waals surface area contributed by atoms with Gasteiger partial charge in [0.2, 0.25) is 5.91 Å². The summed E-state index contributed by atoms with van der Waals surface area (Å²) in [7, 11) is 0. The molecule has 10 heteroatoms. The summed E-state index contributed by atoms with van der Waals surface area (Å²) in [6, 6.07) is 10.5. The predicted octanol–water partition coefficient (Wildman–Crippen LogP) is 5.12. The summed E-state index contributed by atoms with van der Waals surface area (Å²) < 4.78 is 45.8. The Morgan fingerprint density at radius 2 is 1.76 bits per heavy atom. The van der Waals surface area contributed by atoms with Crippen molar-refractivity contribution in [3.63, 3.8) is 0 Å². The molecule has 2 fully saturated rings. The zero-order valence-corrected chi connectivity index (χ0v) is 21.4. The van der Waals surface area contributed by atoms with Crippen molar-refractivity contribution in [2.45, 2.75) is 58.0 Å². The van der Waals surface area contributed by atoms with Crippen LogP contribution in [0.2, 0.25) is 0 Å². The average molecular weight is 519 g/mol. The maximum Gasteiger partial charge on any atom is 0.416 e. The van der Waals surface area contributed by atoms with Crippen molar-refractivity contribution in [3.8, 4) is 0 Å². The molecule has 7 nitrogen and oxygen atoms in total. The van der Waals surface area contributed by atoms with E-state index < -0.39 is 35.4 Å². The third-order valence-electron chi connectivity index (χ3n) is 6.89. The Morgan fingerprint density at radius 3 is 2.38 bits per heavy atom. The number of fused-ring (bicyclic) bond motifs is 1. The standard InChI is InChI=1S/C27H33F3N4O3/c1-15-5-10-19(12-21(15)27(28,29)30)32-24(35)20-11-17-13-34(25(36)37-26(2,3)4)14-22(17)33-23(20)16-6-8-18(31)9-7-16/h5-10,12,17,20,22-23,33H,11,13-14,31H2,1-4H3,(H,32,35)/t17?,20-,22+,23-/m0/s1. The van der Waals surface area contributed by atoms with Gasteiger partial charge in [-0.15, -0.1) is 0 Å². The zero-order chi connectivity index (χ0) is 27.1. The highest BCUT2D eigenvalue weighted by Crippen LogP contribution is 2.39. The van der Waals surface area contributed by atoms with E-state index in [1.165, 1.54) is 19.1 Å². The molecule has 2 aromatic carbocycles. The SMILES string of the molecule is Cc1ccc(NC(=O)[C@H]2CC3CN(C(=O)OC(C)(C)C)C[C@H]3N[C@H]2c2ccc(N)cc2)cc1C(F)(F)F. The maximum absolute atomic E-state index is 13.5. The Labute approximate surface area is 214 Å². The molecule has 0 bridgehead atoms. The molecule has 4 rings (SSSR count). The number of rotatable bonds is 3. The maximum atomic E-state index is 13.5. The van der Waals surface area contributed by atoms with Gasteiger partial charge in [-0.1, -0.05) is 18.2 Å².